The maximum absolute atomic E-state index is 13.3. The average Bonchev–Trinajstić information content (AvgIpc) is 3.39. The van der Waals surface area contributed by atoms with Crippen LogP contribution >= 0.6 is 22.9 Å². The number of rotatable bonds is 6. The summed E-state index contributed by atoms with van der Waals surface area (Å²) in [6, 6.07) is 8.51. The van der Waals surface area contributed by atoms with Crippen molar-refractivity contribution in [2.24, 2.45) is 0 Å². The highest BCUT2D eigenvalue weighted by molar-refractivity contribution is 7.91. The summed E-state index contributed by atoms with van der Waals surface area (Å²) in [7, 11) is -3.67. The molecule has 11 heteroatoms. The Balaban J connectivity index is 1.71. The standard InChI is InChI=1S/C22H21ClFN3O4S2/c1-14-17(21(23)27(25-14)16-7-5-15(24)6-8-16)13-18(22(28)29)19-9-10-20(32-19)33(30,31)26-11-3-2-4-12-26/h5-10,13H,2-4,11-12H2,1H3,(H,28,29). The number of sulfonamides is 1. The van der Waals surface area contributed by atoms with Gasteiger partial charge in [0.2, 0.25) is 0 Å². The van der Waals surface area contributed by atoms with Crippen molar-refractivity contribution in [2.45, 2.75) is 30.4 Å². The van der Waals surface area contributed by atoms with Crippen molar-refractivity contribution >= 4 is 50.6 Å². The number of hydrogen-bond donors (Lipinski definition) is 1. The van der Waals surface area contributed by atoms with E-state index in [0.717, 1.165) is 30.6 Å². The van der Waals surface area contributed by atoms with Gasteiger partial charge in [0.25, 0.3) is 10.0 Å². The van der Waals surface area contributed by atoms with E-state index in [2.05, 4.69) is 5.10 Å². The number of aryl methyl sites for hydroxylation is 1. The third kappa shape index (κ3) is 4.74. The zero-order valence-corrected chi connectivity index (χ0v) is 20.1. The normalized spacial score (nSPS) is 15.7. The Morgan fingerprint density at radius 3 is 2.45 bits per heavy atom. The molecule has 4 rings (SSSR count). The van der Waals surface area contributed by atoms with Crippen LogP contribution < -0.4 is 0 Å². The van der Waals surface area contributed by atoms with Crippen LogP contribution in [0.5, 0.6) is 0 Å². The molecule has 0 amide bonds. The van der Waals surface area contributed by atoms with E-state index in [-0.39, 0.29) is 14.9 Å². The number of carbonyl (C=O) groups is 1. The van der Waals surface area contributed by atoms with E-state index in [1.807, 2.05) is 0 Å². The molecular weight excluding hydrogens is 489 g/mol. The molecule has 1 saturated heterocycles. The molecule has 2 aromatic heterocycles. The molecule has 1 aromatic carbocycles. The minimum Gasteiger partial charge on any atom is -0.478 e. The lowest BCUT2D eigenvalue weighted by atomic mass is 10.1. The van der Waals surface area contributed by atoms with E-state index in [1.54, 1.807) is 6.92 Å². The number of piperidine rings is 1. The van der Waals surface area contributed by atoms with Crippen LogP contribution in [0.4, 0.5) is 4.39 Å². The van der Waals surface area contributed by atoms with Crippen LogP contribution in [0, 0.1) is 12.7 Å². The minimum atomic E-state index is -3.67. The summed E-state index contributed by atoms with van der Waals surface area (Å²) >= 11 is 7.40. The molecule has 1 aliphatic rings. The number of carboxylic acids is 1. The van der Waals surface area contributed by atoms with Crippen molar-refractivity contribution in [3.8, 4) is 5.69 Å². The predicted molar refractivity (Wildman–Crippen MR) is 126 cm³/mol. The first kappa shape index (κ1) is 23.6. The summed E-state index contributed by atoms with van der Waals surface area (Å²) in [5.74, 6) is -1.62. The van der Waals surface area contributed by atoms with Crippen molar-refractivity contribution < 1.29 is 22.7 Å². The molecule has 0 bridgehead atoms. The minimum absolute atomic E-state index is 0.0937. The van der Waals surface area contributed by atoms with Gasteiger partial charge in [-0.15, -0.1) is 11.3 Å². The molecule has 1 aliphatic heterocycles. The van der Waals surface area contributed by atoms with Crippen LogP contribution in [0.2, 0.25) is 5.15 Å². The highest BCUT2D eigenvalue weighted by Gasteiger charge is 2.28. The highest BCUT2D eigenvalue weighted by atomic mass is 35.5. The number of aliphatic carboxylic acids is 1. The number of halogens is 2. The monoisotopic (exact) mass is 509 g/mol. The van der Waals surface area contributed by atoms with Gasteiger partial charge in [0.15, 0.2) is 0 Å². The molecule has 3 heterocycles. The quantitative estimate of drug-likeness (QED) is 0.480. The van der Waals surface area contributed by atoms with Crippen LogP contribution in [0.25, 0.3) is 17.3 Å². The third-order valence-electron chi connectivity index (χ3n) is 5.39. The second-order valence-corrected chi connectivity index (χ2v) is 11.2. The first-order valence-corrected chi connectivity index (χ1v) is 12.9. The summed E-state index contributed by atoms with van der Waals surface area (Å²) in [4.78, 5) is 12.4. The number of benzene rings is 1. The Bertz CT molecular complexity index is 1320. The number of hydrogen-bond acceptors (Lipinski definition) is 5. The molecular formula is C22H21ClFN3O4S2. The number of nitrogens with zero attached hydrogens (tertiary/aromatic N) is 3. The van der Waals surface area contributed by atoms with Gasteiger partial charge in [0.1, 0.15) is 15.2 Å². The fourth-order valence-corrected chi connectivity index (χ4v) is 6.96. The average molecular weight is 510 g/mol. The van der Waals surface area contributed by atoms with E-state index in [1.165, 1.54) is 51.5 Å². The Morgan fingerprint density at radius 2 is 1.82 bits per heavy atom. The van der Waals surface area contributed by atoms with Crippen molar-refractivity contribution in [1.29, 1.82) is 0 Å². The highest BCUT2D eigenvalue weighted by Crippen LogP contribution is 2.34. The number of aromatic nitrogens is 2. The second-order valence-electron chi connectivity index (χ2n) is 7.62. The molecule has 1 N–H and O–H groups in total. The van der Waals surface area contributed by atoms with Crippen LogP contribution in [0.15, 0.2) is 40.6 Å². The topological polar surface area (TPSA) is 92.5 Å². The lowest BCUT2D eigenvalue weighted by Crippen LogP contribution is -2.35. The summed E-state index contributed by atoms with van der Waals surface area (Å²) in [5.41, 5.74) is 1.28. The Labute approximate surface area is 199 Å². The smallest absolute Gasteiger partial charge is 0.337 e. The fourth-order valence-electron chi connectivity index (χ4n) is 3.65. The van der Waals surface area contributed by atoms with Crippen LogP contribution in [-0.4, -0.2) is 46.7 Å². The van der Waals surface area contributed by atoms with Gasteiger partial charge in [-0.3, -0.25) is 0 Å². The second kappa shape index (κ2) is 9.38. The molecule has 0 atom stereocenters. The van der Waals surface area contributed by atoms with Gasteiger partial charge >= 0.3 is 5.97 Å². The first-order valence-electron chi connectivity index (χ1n) is 10.2. The lowest BCUT2D eigenvalue weighted by Gasteiger charge is -2.25. The molecule has 33 heavy (non-hydrogen) atoms. The lowest BCUT2D eigenvalue weighted by molar-refractivity contribution is -0.130. The van der Waals surface area contributed by atoms with Crippen molar-refractivity contribution in [1.82, 2.24) is 14.1 Å². The zero-order valence-electron chi connectivity index (χ0n) is 17.7. The SMILES string of the molecule is Cc1nn(-c2ccc(F)cc2)c(Cl)c1C=C(C(=O)O)c1ccc(S(=O)(=O)N2CCCCC2)s1. The Kier molecular flexibility index (Phi) is 6.71. The summed E-state index contributed by atoms with van der Waals surface area (Å²) < 4.78 is 42.1. The summed E-state index contributed by atoms with van der Waals surface area (Å²) in [6.45, 7) is 2.61. The molecule has 1 fully saturated rings. The van der Waals surface area contributed by atoms with Gasteiger partial charge in [-0.1, -0.05) is 18.0 Å². The first-order chi connectivity index (χ1) is 15.7. The van der Waals surface area contributed by atoms with Gasteiger partial charge in [-0.05, 0) is 62.2 Å². The van der Waals surface area contributed by atoms with E-state index in [0.29, 0.717) is 34.9 Å². The fraction of sp³-hybridized carbons (Fsp3) is 0.273. The van der Waals surface area contributed by atoms with Crippen LogP contribution in [0.1, 0.15) is 35.4 Å². The molecule has 174 valence electrons. The van der Waals surface area contributed by atoms with Gasteiger partial charge in [-0.25, -0.2) is 22.3 Å². The van der Waals surface area contributed by atoms with Gasteiger partial charge in [0.05, 0.1) is 17.0 Å². The van der Waals surface area contributed by atoms with Gasteiger partial charge in [-0.2, -0.15) is 9.40 Å². The van der Waals surface area contributed by atoms with Crippen molar-refractivity contribution in [3.63, 3.8) is 0 Å². The molecule has 0 saturated carbocycles. The van der Waals surface area contributed by atoms with Crippen LogP contribution in [-0.2, 0) is 14.8 Å². The van der Waals surface area contributed by atoms with Crippen LogP contribution in [0.3, 0.4) is 0 Å². The molecule has 7 nitrogen and oxygen atoms in total. The van der Waals surface area contributed by atoms with E-state index >= 15 is 0 Å². The van der Waals surface area contributed by atoms with Crippen molar-refractivity contribution in [3.05, 3.63) is 63.5 Å². The summed E-state index contributed by atoms with van der Waals surface area (Å²) in [6.07, 6.45) is 4.01. The molecule has 0 spiro atoms. The summed E-state index contributed by atoms with van der Waals surface area (Å²) in [5, 5.41) is 14.4. The largest absolute Gasteiger partial charge is 0.478 e. The molecule has 0 unspecified atom stereocenters. The van der Waals surface area contributed by atoms with E-state index < -0.39 is 21.8 Å². The maximum Gasteiger partial charge on any atom is 0.337 e. The Morgan fingerprint density at radius 1 is 1.15 bits per heavy atom. The molecule has 0 aliphatic carbocycles. The zero-order chi connectivity index (χ0) is 23.8. The molecule has 3 aromatic rings. The maximum atomic E-state index is 13.3. The van der Waals surface area contributed by atoms with E-state index in [4.69, 9.17) is 11.6 Å². The van der Waals surface area contributed by atoms with Crippen molar-refractivity contribution in [2.75, 3.05) is 13.1 Å². The van der Waals surface area contributed by atoms with Gasteiger partial charge in [0, 0.05) is 23.5 Å². The Hall–Kier alpha value is -2.53. The van der Waals surface area contributed by atoms with E-state index in [9.17, 15) is 22.7 Å². The number of carboxylic acid groups (broad SMARTS) is 1. The third-order valence-corrected chi connectivity index (χ3v) is 9.24. The number of thiophene rings is 1. The van der Waals surface area contributed by atoms with Gasteiger partial charge < -0.3 is 5.11 Å². The molecule has 0 radical (unpaired) electrons. The predicted octanol–water partition coefficient (Wildman–Crippen LogP) is 4.83.